The number of hydrogen-bond donors (Lipinski definition) is 1. The predicted molar refractivity (Wildman–Crippen MR) is 66.1 cm³/mol. The lowest BCUT2D eigenvalue weighted by Gasteiger charge is -2.23. The van der Waals surface area contributed by atoms with Crippen LogP contribution in [0.25, 0.3) is 0 Å². The fourth-order valence-corrected chi connectivity index (χ4v) is 3.65. The van der Waals surface area contributed by atoms with Gasteiger partial charge in [0.1, 0.15) is 11.8 Å². The molecule has 1 aromatic rings. The number of hydrogen-bond acceptors (Lipinski definition) is 3. The molecule has 0 aromatic carbocycles. The third-order valence-electron chi connectivity index (χ3n) is 4.55. The zero-order chi connectivity index (χ0) is 12.7. The number of furan rings is 1. The number of carboxylic acid groups (broad SMARTS) is 1. The summed E-state index contributed by atoms with van der Waals surface area (Å²) in [7, 11) is 0. The Balaban J connectivity index is 1.79. The van der Waals surface area contributed by atoms with E-state index in [1.54, 1.807) is 6.26 Å². The van der Waals surface area contributed by atoms with Crippen molar-refractivity contribution in [3.05, 3.63) is 23.7 Å². The van der Waals surface area contributed by atoms with E-state index in [0.29, 0.717) is 18.4 Å². The van der Waals surface area contributed by atoms with Crippen molar-refractivity contribution in [1.82, 2.24) is 4.90 Å². The second kappa shape index (κ2) is 4.43. The lowest BCUT2D eigenvalue weighted by molar-refractivity contribution is -0.143. The quantitative estimate of drug-likeness (QED) is 0.892. The van der Waals surface area contributed by atoms with Crippen LogP contribution in [0.5, 0.6) is 0 Å². The molecule has 1 aliphatic carbocycles. The lowest BCUT2D eigenvalue weighted by atomic mass is 9.94. The summed E-state index contributed by atoms with van der Waals surface area (Å²) in [6.45, 7) is 3.54. The Morgan fingerprint density at radius 2 is 2.39 bits per heavy atom. The number of nitrogens with zero attached hydrogens (tertiary/aromatic N) is 1. The normalized spacial score (nSPS) is 31.7. The highest BCUT2D eigenvalue weighted by molar-refractivity contribution is 5.74. The first kappa shape index (κ1) is 11.8. The van der Waals surface area contributed by atoms with Gasteiger partial charge in [-0.3, -0.25) is 9.69 Å². The van der Waals surface area contributed by atoms with Crippen LogP contribution in [0.2, 0.25) is 0 Å². The number of carboxylic acids is 1. The summed E-state index contributed by atoms with van der Waals surface area (Å²) in [5.74, 6) is 1.15. The predicted octanol–water partition coefficient (Wildman–Crippen LogP) is 2.27. The summed E-state index contributed by atoms with van der Waals surface area (Å²) in [5, 5.41) is 9.46. The number of aliphatic carboxylic acids is 1. The number of aryl methyl sites for hydroxylation is 1. The Labute approximate surface area is 107 Å². The van der Waals surface area contributed by atoms with Crippen LogP contribution in [-0.4, -0.2) is 28.6 Å². The fourth-order valence-electron chi connectivity index (χ4n) is 3.65. The molecule has 0 bridgehead atoms. The molecule has 4 nitrogen and oxygen atoms in total. The average Bonchev–Trinajstić information content (AvgIpc) is 2.95. The van der Waals surface area contributed by atoms with Gasteiger partial charge in [-0.15, -0.1) is 0 Å². The SMILES string of the molecule is Cc1ccoc1CN1CC2CCCC2C1C(=O)O. The molecule has 3 unspecified atom stereocenters. The molecule has 1 N–H and O–H groups in total. The van der Waals surface area contributed by atoms with Gasteiger partial charge in [-0.25, -0.2) is 0 Å². The van der Waals surface area contributed by atoms with E-state index in [1.807, 2.05) is 13.0 Å². The molecule has 0 radical (unpaired) electrons. The largest absolute Gasteiger partial charge is 0.480 e. The Hall–Kier alpha value is -1.29. The third kappa shape index (κ3) is 1.85. The number of carbonyl (C=O) groups is 1. The van der Waals surface area contributed by atoms with Crippen LogP contribution in [-0.2, 0) is 11.3 Å². The standard InChI is InChI=1S/C14H19NO3/c1-9-5-6-18-12(9)8-15-7-10-3-2-4-11(10)13(15)14(16)17/h5-6,10-11,13H,2-4,7-8H2,1H3,(H,16,17). The van der Waals surface area contributed by atoms with E-state index < -0.39 is 5.97 Å². The molecule has 3 atom stereocenters. The topological polar surface area (TPSA) is 53.7 Å². The van der Waals surface area contributed by atoms with Gasteiger partial charge in [0.25, 0.3) is 0 Å². The zero-order valence-electron chi connectivity index (χ0n) is 10.6. The summed E-state index contributed by atoms with van der Waals surface area (Å²) < 4.78 is 5.44. The highest BCUT2D eigenvalue weighted by atomic mass is 16.4. The van der Waals surface area contributed by atoms with Crippen molar-refractivity contribution in [2.75, 3.05) is 6.54 Å². The van der Waals surface area contributed by atoms with E-state index >= 15 is 0 Å². The molecule has 18 heavy (non-hydrogen) atoms. The molecule has 0 spiro atoms. The van der Waals surface area contributed by atoms with Crippen molar-refractivity contribution >= 4 is 5.97 Å². The molecule has 2 heterocycles. The molecule has 2 fully saturated rings. The van der Waals surface area contributed by atoms with Crippen LogP contribution in [0.4, 0.5) is 0 Å². The molecule has 1 aliphatic heterocycles. The maximum Gasteiger partial charge on any atom is 0.321 e. The Morgan fingerprint density at radius 3 is 3.06 bits per heavy atom. The van der Waals surface area contributed by atoms with Gasteiger partial charge in [-0.1, -0.05) is 6.42 Å². The van der Waals surface area contributed by atoms with E-state index in [2.05, 4.69) is 4.90 Å². The first-order valence-electron chi connectivity index (χ1n) is 6.66. The summed E-state index contributed by atoms with van der Waals surface area (Å²) in [6.07, 6.45) is 5.11. The first-order valence-corrected chi connectivity index (χ1v) is 6.66. The van der Waals surface area contributed by atoms with Crippen LogP contribution in [0.1, 0.15) is 30.6 Å². The summed E-state index contributed by atoms with van der Waals surface area (Å²) in [4.78, 5) is 13.6. The molecular formula is C14H19NO3. The molecule has 1 saturated heterocycles. The van der Waals surface area contributed by atoms with Crippen LogP contribution in [0.3, 0.4) is 0 Å². The monoisotopic (exact) mass is 249 g/mol. The van der Waals surface area contributed by atoms with Gasteiger partial charge in [0.15, 0.2) is 0 Å². The zero-order valence-corrected chi connectivity index (χ0v) is 10.6. The highest BCUT2D eigenvalue weighted by Crippen LogP contribution is 2.42. The molecule has 98 valence electrons. The van der Waals surface area contributed by atoms with Crippen molar-refractivity contribution in [2.24, 2.45) is 11.8 Å². The van der Waals surface area contributed by atoms with Gasteiger partial charge < -0.3 is 9.52 Å². The van der Waals surface area contributed by atoms with Gasteiger partial charge >= 0.3 is 5.97 Å². The van der Waals surface area contributed by atoms with Crippen LogP contribution in [0.15, 0.2) is 16.7 Å². The Morgan fingerprint density at radius 1 is 1.56 bits per heavy atom. The van der Waals surface area contributed by atoms with Crippen LogP contribution >= 0.6 is 0 Å². The average molecular weight is 249 g/mol. The maximum atomic E-state index is 11.5. The number of likely N-dealkylation sites (tertiary alicyclic amines) is 1. The van der Waals surface area contributed by atoms with E-state index in [9.17, 15) is 9.90 Å². The van der Waals surface area contributed by atoms with E-state index in [-0.39, 0.29) is 6.04 Å². The third-order valence-corrected chi connectivity index (χ3v) is 4.55. The number of fused-ring (bicyclic) bond motifs is 1. The fraction of sp³-hybridized carbons (Fsp3) is 0.643. The molecule has 1 aromatic heterocycles. The highest BCUT2D eigenvalue weighted by Gasteiger charge is 2.47. The second-order valence-corrected chi connectivity index (χ2v) is 5.59. The number of rotatable bonds is 3. The summed E-state index contributed by atoms with van der Waals surface area (Å²) in [6, 6.07) is 1.61. The maximum absolute atomic E-state index is 11.5. The molecule has 4 heteroatoms. The Bertz CT molecular complexity index is 454. The Kier molecular flexibility index (Phi) is 2.90. The van der Waals surface area contributed by atoms with Crippen molar-refractivity contribution < 1.29 is 14.3 Å². The van der Waals surface area contributed by atoms with Gasteiger partial charge in [-0.2, -0.15) is 0 Å². The molecule has 2 aliphatic rings. The van der Waals surface area contributed by atoms with Gasteiger partial charge in [0.05, 0.1) is 12.8 Å². The minimum atomic E-state index is -0.673. The van der Waals surface area contributed by atoms with Gasteiger partial charge in [0.2, 0.25) is 0 Å². The minimum absolute atomic E-state index is 0.318. The van der Waals surface area contributed by atoms with E-state index in [4.69, 9.17) is 4.42 Å². The molecule has 0 amide bonds. The van der Waals surface area contributed by atoms with E-state index in [0.717, 1.165) is 24.3 Å². The van der Waals surface area contributed by atoms with Gasteiger partial charge in [0, 0.05) is 6.54 Å². The van der Waals surface area contributed by atoms with Crippen molar-refractivity contribution in [2.45, 2.75) is 38.8 Å². The molecule has 3 rings (SSSR count). The molecule has 1 saturated carbocycles. The lowest BCUT2D eigenvalue weighted by Crippen LogP contribution is -2.39. The minimum Gasteiger partial charge on any atom is -0.480 e. The van der Waals surface area contributed by atoms with Crippen LogP contribution in [0, 0.1) is 18.8 Å². The van der Waals surface area contributed by atoms with Crippen molar-refractivity contribution in [3.63, 3.8) is 0 Å². The first-order chi connectivity index (χ1) is 8.66. The second-order valence-electron chi connectivity index (χ2n) is 5.59. The summed E-state index contributed by atoms with van der Waals surface area (Å²) in [5.41, 5.74) is 1.11. The van der Waals surface area contributed by atoms with Crippen molar-refractivity contribution in [3.8, 4) is 0 Å². The summed E-state index contributed by atoms with van der Waals surface area (Å²) >= 11 is 0. The van der Waals surface area contributed by atoms with E-state index in [1.165, 1.54) is 12.8 Å². The van der Waals surface area contributed by atoms with Crippen LogP contribution < -0.4 is 0 Å². The smallest absolute Gasteiger partial charge is 0.321 e. The molecular weight excluding hydrogens is 230 g/mol. The van der Waals surface area contributed by atoms with Gasteiger partial charge in [-0.05, 0) is 43.2 Å². The van der Waals surface area contributed by atoms with Crippen molar-refractivity contribution in [1.29, 1.82) is 0 Å².